The van der Waals surface area contributed by atoms with Crippen molar-refractivity contribution in [2.45, 2.75) is 57.9 Å². The van der Waals surface area contributed by atoms with Crippen molar-refractivity contribution in [3.05, 3.63) is 34.4 Å². The van der Waals surface area contributed by atoms with Gasteiger partial charge in [0.05, 0.1) is 10.6 Å². The number of hydrogen-bond acceptors (Lipinski definition) is 1. The zero-order valence-electron chi connectivity index (χ0n) is 14.0. The Morgan fingerprint density at radius 1 is 1.08 bits per heavy atom. The van der Waals surface area contributed by atoms with Crippen LogP contribution in [-0.4, -0.2) is 11.4 Å². The molecule has 0 unspecified atom stereocenters. The van der Waals surface area contributed by atoms with E-state index in [2.05, 4.69) is 19.2 Å². The van der Waals surface area contributed by atoms with Gasteiger partial charge in [-0.15, -0.1) is 0 Å². The molecule has 4 saturated carbocycles. The smallest absolute Gasteiger partial charge is 0.253 e. The number of carbonyl (C=O) groups excluding carboxylic acids is 1. The number of nitrogens with one attached hydrogen (secondary N) is 1. The van der Waals surface area contributed by atoms with Gasteiger partial charge in [-0.1, -0.05) is 25.4 Å². The molecule has 0 radical (unpaired) electrons. The standard InChI is InChI=1S/C19H22ClF2NO/c1-17-5-11-6-18(2,8-17)10-19(7-11,9-17)23-16(24)12-3-14(21)15(22)4-13(12)20/h3-4,11H,5-10H2,1-2H3,(H,23,24)/t11?,17-,18-,19?/m1/s1. The summed E-state index contributed by atoms with van der Waals surface area (Å²) in [6.07, 6.45) is 6.56. The zero-order chi connectivity index (χ0) is 17.3. The zero-order valence-corrected chi connectivity index (χ0v) is 14.8. The molecule has 130 valence electrons. The van der Waals surface area contributed by atoms with Crippen molar-refractivity contribution < 1.29 is 13.6 Å². The van der Waals surface area contributed by atoms with Crippen LogP contribution < -0.4 is 5.32 Å². The molecular weight excluding hydrogens is 332 g/mol. The Labute approximate surface area is 146 Å². The van der Waals surface area contributed by atoms with Crippen molar-refractivity contribution in [3.8, 4) is 0 Å². The summed E-state index contributed by atoms with van der Waals surface area (Å²) in [4.78, 5) is 12.7. The normalized spacial score (nSPS) is 40.0. The second-order valence-corrected chi connectivity index (χ2v) is 9.52. The monoisotopic (exact) mass is 353 g/mol. The van der Waals surface area contributed by atoms with Crippen LogP contribution in [0.15, 0.2) is 12.1 Å². The Hall–Kier alpha value is -1.16. The summed E-state index contributed by atoms with van der Waals surface area (Å²) in [5.41, 5.74) is 0.300. The van der Waals surface area contributed by atoms with Gasteiger partial charge in [-0.2, -0.15) is 0 Å². The number of rotatable bonds is 2. The number of carbonyl (C=O) groups is 1. The molecule has 4 bridgehead atoms. The minimum absolute atomic E-state index is 0.0154. The van der Waals surface area contributed by atoms with Crippen LogP contribution in [0.3, 0.4) is 0 Å². The molecule has 0 spiro atoms. The van der Waals surface area contributed by atoms with E-state index in [9.17, 15) is 13.6 Å². The topological polar surface area (TPSA) is 29.1 Å². The van der Waals surface area contributed by atoms with E-state index >= 15 is 0 Å². The van der Waals surface area contributed by atoms with Gasteiger partial charge < -0.3 is 5.32 Å². The Bertz CT molecular complexity index is 716. The van der Waals surface area contributed by atoms with Crippen LogP contribution in [-0.2, 0) is 0 Å². The molecule has 0 heterocycles. The minimum atomic E-state index is -1.05. The molecule has 0 saturated heterocycles. The molecule has 4 aliphatic carbocycles. The summed E-state index contributed by atoms with van der Waals surface area (Å²) in [6.45, 7) is 4.64. The van der Waals surface area contributed by atoms with Crippen molar-refractivity contribution in [3.63, 3.8) is 0 Å². The highest BCUT2D eigenvalue weighted by molar-refractivity contribution is 6.33. The fraction of sp³-hybridized carbons (Fsp3) is 0.632. The molecule has 1 N–H and O–H groups in total. The summed E-state index contributed by atoms with van der Waals surface area (Å²) < 4.78 is 26.8. The maximum Gasteiger partial charge on any atom is 0.253 e. The predicted molar refractivity (Wildman–Crippen MR) is 89.0 cm³/mol. The van der Waals surface area contributed by atoms with E-state index < -0.39 is 17.5 Å². The first-order valence-electron chi connectivity index (χ1n) is 8.58. The van der Waals surface area contributed by atoms with Crippen molar-refractivity contribution in [2.24, 2.45) is 16.7 Å². The molecule has 24 heavy (non-hydrogen) atoms. The van der Waals surface area contributed by atoms with E-state index in [-0.39, 0.29) is 27.0 Å². The molecule has 1 amide bonds. The van der Waals surface area contributed by atoms with Crippen LogP contribution in [0.2, 0.25) is 5.02 Å². The van der Waals surface area contributed by atoms with Gasteiger partial charge in [0.1, 0.15) is 0 Å². The van der Waals surface area contributed by atoms with Crippen LogP contribution in [0, 0.1) is 28.4 Å². The van der Waals surface area contributed by atoms with Crippen LogP contribution in [0.5, 0.6) is 0 Å². The molecule has 1 aromatic rings. The number of halogens is 3. The van der Waals surface area contributed by atoms with E-state index in [0.717, 1.165) is 31.4 Å². The maximum absolute atomic E-state index is 13.5. The van der Waals surface area contributed by atoms with Gasteiger partial charge in [-0.05, 0) is 67.4 Å². The largest absolute Gasteiger partial charge is 0.347 e. The van der Waals surface area contributed by atoms with Crippen molar-refractivity contribution >= 4 is 17.5 Å². The Morgan fingerprint density at radius 2 is 1.67 bits per heavy atom. The lowest BCUT2D eigenvalue weighted by Gasteiger charge is -2.65. The fourth-order valence-electron chi connectivity index (χ4n) is 6.59. The molecule has 5 rings (SSSR count). The van der Waals surface area contributed by atoms with Crippen LogP contribution in [0.1, 0.15) is 62.7 Å². The number of benzene rings is 1. The first-order chi connectivity index (χ1) is 11.1. The molecule has 4 aliphatic rings. The molecule has 0 aliphatic heterocycles. The van der Waals surface area contributed by atoms with Crippen molar-refractivity contribution in [1.29, 1.82) is 0 Å². The van der Waals surface area contributed by atoms with Crippen molar-refractivity contribution in [2.75, 3.05) is 0 Å². The molecule has 0 aromatic heterocycles. The SMILES string of the molecule is C[C@]12CC3CC(NC(=O)c4cc(F)c(F)cc4Cl)(C1)C[C@](C)(C3)C2. The fourth-order valence-corrected chi connectivity index (χ4v) is 6.83. The third kappa shape index (κ3) is 2.54. The highest BCUT2D eigenvalue weighted by Gasteiger charge is 2.60. The summed E-state index contributed by atoms with van der Waals surface area (Å²) in [6, 6.07) is 1.77. The van der Waals surface area contributed by atoms with E-state index in [0.29, 0.717) is 5.92 Å². The maximum atomic E-state index is 13.5. The summed E-state index contributed by atoms with van der Waals surface area (Å²) >= 11 is 5.97. The van der Waals surface area contributed by atoms with Gasteiger partial charge >= 0.3 is 0 Å². The third-order valence-corrected chi connectivity index (χ3v) is 6.57. The summed E-state index contributed by atoms with van der Waals surface area (Å²) in [5.74, 6) is -1.84. The third-order valence-electron chi connectivity index (χ3n) is 6.26. The Balaban J connectivity index is 1.64. The van der Waals surface area contributed by atoms with Gasteiger partial charge in [-0.3, -0.25) is 4.79 Å². The summed E-state index contributed by atoms with van der Waals surface area (Å²) in [5, 5.41) is 3.12. The number of hydrogen-bond donors (Lipinski definition) is 1. The van der Waals surface area contributed by atoms with Crippen LogP contribution in [0.25, 0.3) is 0 Å². The molecule has 1 aromatic carbocycles. The molecule has 2 atom stereocenters. The van der Waals surface area contributed by atoms with Gasteiger partial charge in [0.15, 0.2) is 11.6 Å². The van der Waals surface area contributed by atoms with Crippen molar-refractivity contribution in [1.82, 2.24) is 5.32 Å². The minimum Gasteiger partial charge on any atom is -0.347 e. The molecule has 2 nitrogen and oxygen atoms in total. The summed E-state index contributed by atoms with van der Waals surface area (Å²) in [7, 11) is 0. The van der Waals surface area contributed by atoms with Gasteiger partial charge in [0.2, 0.25) is 0 Å². The van der Waals surface area contributed by atoms with Gasteiger partial charge in [-0.25, -0.2) is 8.78 Å². The number of amides is 1. The molecule has 5 heteroatoms. The van der Waals surface area contributed by atoms with E-state index in [1.54, 1.807) is 0 Å². The van der Waals surface area contributed by atoms with E-state index in [1.807, 2.05) is 0 Å². The van der Waals surface area contributed by atoms with Crippen LogP contribution >= 0.6 is 11.6 Å². The first-order valence-corrected chi connectivity index (χ1v) is 8.96. The van der Waals surface area contributed by atoms with Gasteiger partial charge in [0, 0.05) is 5.54 Å². The molecular formula is C19H22ClF2NO. The van der Waals surface area contributed by atoms with Gasteiger partial charge in [0.25, 0.3) is 5.91 Å². The highest BCUT2D eigenvalue weighted by atomic mass is 35.5. The average Bonchev–Trinajstić information content (AvgIpc) is 2.37. The predicted octanol–water partition coefficient (Wildman–Crippen LogP) is 5.10. The van der Waals surface area contributed by atoms with E-state index in [4.69, 9.17) is 11.6 Å². The molecule has 4 fully saturated rings. The lowest BCUT2D eigenvalue weighted by molar-refractivity contribution is -0.114. The lowest BCUT2D eigenvalue weighted by atomic mass is 9.43. The lowest BCUT2D eigenvalue weighted by Crippen LogP contribution is -2.65. The second-order valence-electron chi connectivity index (χ2n) is 9.11. The quantitative estimate of drug-likeness (QED) is 0.736. The van der Waals surface area contributed by atoms with Crippen LogP contribution in [0.4, 0.5) is 8.78 Å². The Kier molecular flexibility index (Phi) is 3.36. The first kappa shape index (κ1) is 16.3. The second kappa shape index (κ2) is 4.94. The highest BCUT2D eigenvalue weighted by Crippen LogP contribution is 2.66. The Morgan fingerprint density at radius 3 is 2.25 bits per heavy atom. The van der Waals surface area contributed by atoms with E-state index in [1.165, 1.54) is 19.3 Å². The average molecular weight is 354 g/mol.